The van der Waals surface area contributed by atoms with Crippen molar-refractivity contribution in [3.05, 3.63) is 37.9 Å². The fraction of sp³-hybridized carbons (Fsp3) is 0.143. The molecule has 0 atom stereocenters. The van der Waals surface area contributed by atoms with Crippen molar-refractivity contribution in [3.8, 4) is 0 Å². The van der Waals surface area contributed by atoms with Crippen molar-refractivity contribution < 1.29 is 9.85 Å². The Morgan fingerprint density at radius 1 is 1.21 bits per heavy atom. The lowest BCUT2D eigenvalue weighted by Crippen LogP contribution is -2.00. The highest BCUT2D eigenvalue weighted by Crippen LogP contribution is 2.30. The van der Waals surface area contributed by atoms with E-state index in [-0.39, 0.29) is 22.6 Å². The smallest absolute Gasteiger partial charge is 0.295 e. The SMILES string of the molecule is Cc1cc([N+](=O)[O-])cc(N)c1[N+](=O)[O-]. The summed E-state index contributed by atoms with van der Waals surface area (Å²) in [7, 11) is 0. The van der Waals surface area contributed by atoms with E-state index in [9.17, 15) is 20.2 Å². The van der Waals surface area contributed by atoms with E-state index in [0.717, 1.165) is 12.1 Å². The molecule has 0 saturated heterocycles. The molecule has 1 aromatic rings. The van der Waals surface area contributed by atoms with Gasteiger partial charge in [0.1, 0.15) is 5.69 Å². The van der Waals surface area contributed by atoms with Crippen molar-refractivity contribution in [1.82, 2.24) is 0 Å². The third-order valence-electron chi connectivity index (χ3n) is 1.71. The number of non-ortho nitro benzene ring substituents is 1. The number of rotatable bonds is 2. The molecule has 1 aromatic carbocycles. The van der Waals surface area contributed by atoms with Crippen molar-refractivity contribution in [2.75, 3.05) is 5.73 Å². The highest BCUT2D eigenvalue weighted by atomic mass is 16.6. The third-order valence-corrected chi connectivity index (χ3v) is 1.71. The van der Waals surface area contributed by atoms with Gasteiger partial charge in [0.2, 0.25) is 0 Å². The number of benzene rings is 1. The number of nitrogen functional groups attached to an aromatic ring is 1. The van der Waals surface area contributed by atoms with E-state index < -0.39 is 9.85 Å². The molecule has 14 heavy (non-hydrogen) atoms. The number of anilines is 1. The molecule has 0 fully saturated rings. The average Bonchev–Trinajstić information content (AvgIpc) is 2.01. The van der Waals surface area contributed by atoms with Crippen LogP contribution in [0.3, 0.4) is 0 Å². The summed E-state index contributed by atoms with van der Waals surface area (Å²) < 4.78 is 0. The summed E-state index contributed by atoms with van der Waals surface area (Å²) in [6.07, 6.45) is 0. The second-order valence-corrected chi connectivity index (χ2v) is 2.71. The number of hydrogen-bond acceptors (Lipinski definition) is 5. The molecular weight excluding hydrogens is 190 g/mol. The fourth-order valence-electron chi connectivity index (χ4n) is 1.14. The number of hydrogen-bond donors (Lipinski definition) is 1. The van der Waals surface area contributed by atoms with E-state index in [1.807, 2.05) is 0 Å². The van der Waals surface area contributed by atoms with Crippen molar-refractivity contribution >= 4 is 17.1 Å². The lowest BCUT2D eigenvalue weighted by atomic mass is 10.1. The predicted molar refractivity (Wildman–Crippen MR) is 48.9 cm³/mol. The third kappa shape index (κ3) is 1.60. The van der Waals surface area contributed by atoms with Crippen LogP contribution in [-0.4, -0.2) is 9.85 Å². The molecule has 0 bridgehead atoms. The van der Waals surface area contributed by atoms with Crippen LogP contribution >= 0.6 is 0 Å². The molecule has 2 N–H and O–H groups in total. The zero-order chi connectivity index (χ0) is 10.9. The van der Waals surface area contributed by atoms with E-state index >= 15 is 0 Å². The van der Waals surface area contributed by atoms with Crippen LogP contribution < -0.4 is 5.73 Å². The number of nitrogens with two attached hydrogens (primary N) is 1. The maximum Gasteiger partial charge on any atom is 0.295 e. The second kappa shape index (κ2) is 3.29. The summed E-state index contributed by atoms with van der Waals surface area (Å²) in [6.45, 7) is 1.40. The fourth-order valence-corrected chi connectivity index (χ4v) is 1.14. The molecule has 0 aliphatic heterocycles. The molecule has 0 spiro atoms. The molecule has 0 aromatic heterocycles. The lowest BCUT2D eigenvalue weighted by Gasteiger charge is -2.00. The topological polar surface area (TPSA) is 112 Å². The number of aryl methyl sites for hydroxylation is 1. The van der Waals surface area contributed by atoms with Gasteiger partial charge in [-0.2, -0.15) is 0 Å². The monoisotopic (exact) mass is 197 g/mol. The molecular formula is C7H7N3O4. The molecule has 0 aliphatic carbocycles. The Balaban J connectivity index is 3.39. The van der Waals surface area contributed by atoms with E-state index in [1.165, 1.54) is 6.92 Å². The van der Waals surface area contributed by atoms with Crippen LogP contribution in [0.4, 0.5) is 17.1 Å². The zero-order valence-electron chi connectivity index (χ0n) is 7.26. The summed E-state index contributed by atoms with van der Waals surface area (Å²) in [5.41, 5.74) is 4.78. The highest BCUT2D eigenvalue weighted by molar-refractivity contribution is 5.66. The summed E-state index contributed by atoms with van der Waals surface area (Å²) in [5, 5.41) is 20.8. The minimum Gasteiger partial charge on any atom is -0.393 e. The maximum atomic E-state index is 10.5. The van der Waals surface area contributed by atoms with Gasteiger partial charge in [0.05, 0.1) is 9.85 Å². The van der Waals surface area contributed by atoms with Crippen LogP contribution in [0.1, 0.15) is 5.56 Å². The zero-order valence-corrected chi connectivity index (χ0v) is 7.26. The van der Waals surface area contributed by atoms with Crippen LogP contribution in [0.5, 0.6) is 0 Å². The first kappa shape index (κ1) is 9.90. The molecule has 0 aliphatic rings. The molecule has 74 valence electrons. The largest absolute Gasteiger partial charge is 0.393 e. The van der Waals surface area contributed by atoms with Gasteiger partial charge in [0.25, 0.3) is 11.4 Å². The minimum atomic E-state index is -0.658. The lowest BCUT2D eigenvalue weighted by molar-refractivity contribution is -0.388. The van der Waals surface area contributed by atoms with Gasteiger partial charge in [-0.25, -0.2) is 0 Å². The van der Waals surface area contributed by atoms with E-state index in [2.05, 4.69) is 0 Å². The van der Waals surface area contributed by atoms with Crippen molar-refractivity contribution in [2.24, 2.45) is 0 Å². The van der Waals surface area contributed by atoms with Crippen LogP contribution in [-0.2, 0) is 0 Å². The molecule has 0 saturated carbocycles. The first-order valence-electron chi connectivity index (χ1n) is 3.62. The molecule has 7 heteroatoms. The first-order valence-corrected chi connectivity index (χ1v) is 3.62. The van der Waals surface area contributed by atoms with Gasteiger partial charge >= 0.3 is 0 Å². The van der Waals surface area contributed by atoms with E-state index in [1.54, 1.807) is 0 Å². The van der Waals surface area contributed by atoms with Gasteiger partial charge < -0.3 is 5.73 Å². The Kier molecular flexibility index (Phi) is 2.32. The van der Waals surface area contributed by atoms with Gasteiger partial charge in [-0.3, -0.25) is 20.2 Å². The molecule has 0 radical (unpaired) electrons. The predicted octanol–water partition coefficient (Wildman–Crippen LogP) is 1.39. The Morgan fingerprint density at radius 3 is 2.14 bits per heavy atom. The molecule has 0 heterocycles. The number of nitrogens with zero attached hydrogens (tertiary/aromatic N) is 2. The van der Waals surface area contributed by atoms with E-state index in [0.29, 0.717) is 0 Å². The Bertz CT molecular complexity index is 392. The van der Waals surface area contributed by atoms with Crippen molar-refractivity contribution in [3.63, 3.8) is 0 Å². The normalized spacial score (nSPS) is 9.79. The summed E-state index contributed by atoms with van der Waals surface area (Å²) in [4.78, 5) is 19.5. The maximum absolute atomic E-state index is 10.5. The first-order chi connectivity index (χ1) is 6.43. The average molecular weight is 197 g/mol. The molecule has 7 nitrogen and oxygen atoms in total. The van der Waals surface area contributed by atoms with Gasteiger partial charge in [0.15, 0.2) is 0 Å². The van der Waals surface area contributed by atoms with Gasteiger partial charge in [-0.1, -0.05) is 0 Å². The Hall–Kier alpha value is -2.18. The van der Waals surface area contributed by atoms with Crippen LogP contribution in [0.15, 0.2) is 12.1 Å². The summed E-state index contributed by atoms with van der Waals surface area (Å²) in [5.74, 6) is 0. The van der Waals surface area contributed by atoms with Gasteiger partial charge in [-0.05, 0) is 6.92 Å². The molecule has 0 unspecified atom stereocenters. The highest BCUT2D eigenvalue weighted by Gasteiger charge is 2.20. The standard InChI is InChI=1S/C7H7N3O4/c1-4-2-5(9(11)12)3-6(8)7(4)10(13)14/h2-3H,8H2,1H3. The number of nitro groups is 2. The minimum absolute atomic E-state index is 0.182. The number of nitro benzene ring substituents is 2. The van der Waals surface area contributed by atoms with E-state index in [4.69, 9.17) is 5.73 Å². The summed E-state index contributed by atoms with van der Waals surface area (Å²) >= 11 is 0. The van der Waals surface area contributed by atoms with Crippen LogP contribution in [0, 0.1) is 27.2 Å². The van der Waals surface area contributed by atoms with Crippen LogP contribution in [0.25, 0.3) is 0 Å². The quantitative estimate of drug-likeness (QED) is 0.437. The van der Waals surface area contributed by atoms with Gasteiger partial charge in [0, 0.05) is 17.7 Å². The van der Waals surface area contributed by atoms with Crippen molar-refractivity contribution in [2.45, 2.75) is 6.92 Å². The van der Waals surface area contributed by atoms with Crippen molar-refractivity contribution in [1.29, 1.82) is 0 Å². The molecule has 0 amide bonds. The summed E-state index contributed by atoms with van der Waals surface area (Å²) in [6, 6.07) is 2.10. The second-order valence-electron chi connectivity index (χ2n) is 2.71. The molecule has 1 rings (SSSR count). The van der Waals surface area contributed by atoms with Crippen LogP contribution in [0.2, 0.25) is 0 Å². The Labute approximate surface area is 78.4 Å². The van der Waals surface area contributed by atoms with Gasteiger partial charge in [-0.15, -0.1) is 0 Å². The Morgan fingerprint density at radius 2 is 1.79 bits per heavy atom.